The summed E-state index contributed by atoms with van der Waals surface area (Å²) in [6, 6.07) is 13.7. The Morgan fingerprint density at radius 3 is 2.48 bits per heavy atom. The molecule has 0 heterocycles. The van der Waals surface area contributed by atoms with E-state index < -0.39 is 10.8 Å². The molecule has 108 valence electrons. The van der Waals surface area contributed by atoms with Crippen molar-refractivity contribution >= 4 is 23.2 Å². The lowest BCUT2D eigenvalue weighted by molar-refractivity contribution is -0.385. The van der Waals surface area contributed by atoms with E-state index in [1.165, 1.54) is 23.1 Å². The topological polar surface area (TPSA) is 63.5 Å². The van der Waals surface area contributed by atoms with Gasteiger partial charge in [-0.05, 0) is 17.7 Å². The molecular formula is C15H13ClN2O3. The van der Waals surface area contributed by atoms with Crippen molar-refractivity contribution in [2.45, 2.75) is 6.54 Å². The Hall–Kier alpha value is -2.40. The van der Waals surface area contributed by atoms with Crippen LogP contribution in [0.1, 0.15) is 15.9 Å². The number of hydrogen-bond donors (Lipinski definition) is 0. The van der Waals surface area contributed by atoms with Crippen LogP contribution in [0.2, 0.25) is 5.02 Å². The maximum Gasteiger partial charge on any atom is 0.300 e. The fraction of sp³-hybridized carbons (Fsp3) is 0.133. The summed E-state index contributed by atoms with van der Waals surface area (Å²) >= 11 is 5.82. The van der Waals surface area contributed by atoms with Crippen LogP contribution in [0, 0.1) is 10.1 Å². The normalized spacial score (nSPS) is 10.2. The number of carbonyl (C=O) groups is 1. The first-order chi connectivity index (χ1) is 10.0. The molecule has 0 fully saturated rings. The number of halogens is 1. The average Bonchev–Trinajstić information content (AvgIpc) is 2.46. The highest BCUT2D eigenvalue weighted by Crippen LogP contribution is 2.29. The molecule has 0 saturated carbocycles. The first kappa shape index (κ1) is 15.0. The zero-order valence-corrected chi connectivity index (χ0v) is 12.1. The minimum Gasteiger partial charge on any atom is -0.337 e. The van der Waals surface area contributed by atoms with Crippen molar-refractivity contribution in [3.05, 3.63) is 74.8 Å². The molecule has 21 heavy (non-hydrogen) atoms. The summed E-state index contributed by atoms with van der Waals surface area (Å²) in [5.74, 6) is -0.437. The second-order valence-corrected chi connectivity index (χ2v) is 4.95. The zero-order chi connectivity index (χ0) is 15.4. The Bertz CT molecular complexity index is 674. The van der Waals surface area contributed by atoms with Crippen LogP contribution < -0.4 is 0 Å². The summed E-state index contributed by atoms with van der Waals surface area (Å²) < 4.78 is 0. The molecule has 0 spiro atoms. The van der Waals surface area contributed by atoms with Crippen molar-refractivity contribution in [1.82, 2.24) is 4.90 Å². The third-order valence-corrected chi connectivity index (χ3v) is 3.31. The van der Waals surface area contributed by atoms with Gasteiger partial charge in [0.1, 0.15) is 10.6 Å². The highest BCUT2D eigenvalue weighted by atomic mass is 35.5. The molecule has 0 aliphatic heterocycles. The van der Waals surface area contributed by atoms with Crippen molar-refractivity contribution in [3.63, 3.8) is 0 Å². The molecule has 0 N–H and O–H groups in total. The summed E-state index contributed by atoms with van der Waals surface area (Å²) in [6.45, 7) is 0.364. The molecule has 2 aromatic carbocycles. The number of carbonyl (C=O) groups excluding carboxylic acids is 1. The number of rotatable bonds is 4. The molecule has 5 nitrogen and oxygen atoms in total. The van der Waals surface area contributed by atoms with Crippen LogP contribution in [0.5, 0.6) is 0 Å². The first-order valence-corrected chi connectivity index (χ1v) is 6.61. The molecule has 0 bridgehead atoms. The van der Waals surface area contributed by atoms with Gasteiger partial charge >= 0.3 is 5.69 Å². The van der Waals surface area contributed by atoms with Gasteiger partial charge in [-0.25, -0.2) is 0 Å². The summed E-state index contributed by atoms with van der Waals surface area (Å²) in [7, 11) is 1.60. The van der Waals surface area contributed by atoms with Gasteiger partial charge in [-0.1, -0.05) is 48.0 Å². The molecule has 0 saturated heterocycles. The second kappa shape index (κ2) is 6.37. The lowest BCUT2D eigenvalue weighted by Gasteiger charge is -2.17. The van der Waals surface area contributed by atoms with Crippen LogP contribution in [-0.4, -0.2) is 22.8 Å². The predicted octanol–water partition coefficient (Wildman–Crippen LogP) is 3.52. The van der Waals surface area contributed by atoms with E-state index in [0.29, 0.717) is 6.54 Å². The number of nitro groups is 1. The standard InChI is InChI=1S/C15H13ClN2O3/c1-17(10-11-6-3-2-4-7-11)15(19)12-8-5-9-13(16)14(12)18(20)21/h2-9H,10H2,1H3. The van der Waals surface area contributed by atoms with Crippen molar-refractivity contribution in [2.75, 3.05) is 7.05 Å². The molecule has 0 aliphatic carbocycles. The van der Waals surface area contributed by atoms with Gasteiger partial charge in [0.15, 0.2) is 0 Å². The molecule has 2 aromatic rings. The van der Waals surface area contributed by atoms with Crippen molar-refractivity contribution in [3.8, 4) is 0 Å². The quantitative estimate of drug-likeness (QED) is 0.641. The van der Waals surface area contributed by atoms with Crippen LogP contribution in [-0.2, 0) is 6.54 Å². The fourth-order valence-corrected chi connectivity index (χ4v) is 2.25. The second-order valence-electron chi connectivity index (χ2n) is 4.54. The van der Waals surface area contributed by atoms with E-state index in [-0.39, 0.29) is 16.3 Å². The lowest BCUT2D eigenvalue weighted by atomic mass is 10.1. The molecule has 0 atom stereocenters. The van der Waals surface area contributed by atoms with Gasteiger partial charge in [0, 0.05) is 13.6 Å². The van der Waals surface area contributed by atoms with Gasteiger partial charge < -0.3 is 4.90 Å². The molecule has 0 aliphatic rings. The number of hydrogen-bond acceptors (Lipinski definition) is 3. The number of nitro benzene ring substituents is 1. The lowest BCUT2D eigenvalue weighted by Crippen LogP contribution is -2.26. The molecular weight excluding hydrogens is 292 g/mol. The van der Waals surface area contributed by atoms with Gasteiger partial charge in [-0.15, -0.1) is 0 Å². The third kappa shape index (κ3) is 3.38. The molecule has 2 rings (SSSR count). The Morgan fingerprint density at radius 2 is 1.86 bits per heavy atom. The van der Waals surface area contributed by atoms with Crippen molar-refractivity contribution < 1.29 is 9.72 Å². The van der Waals surface area contributed by atoms with Gasteiger partial charge in [-0.2, -0.15) is 0 Å². The predicted molar refractivity (Wildman–Crippen MR) is 80.3 cm³/mol. The Kier molecular flexibility index (Phi) is 4.55. The van der Waals surface area contributed by atoms with Gasteiger partial charge in [0.2, 0.25) is 0 Å². The van der Waals surface area contributed by atoms with Gasteiger partial charge in [0.05, 0.1) is 4.92 Å². The van der Waals surface area contributed by atoms with Gasteiger partial charge in [0.25, 0.3) is 5.91 Å². The number of nitrogens with zero attached hydrogens (tertiary/aromatic N) is 2. The number of para-hydroxylation sites is 1. The van der Waals surface area contributed by atoms with Crippen molar-refractivity contribution in [2.24, 2.45) is 0 Å². The van der Waals surface area contributed by atoms with Crippen LogP contribution >= 0.6 is 11.6 Å². The highest BCUT2D eigenvalue weighted by Gasteiger charge is 2.25. The number of amides is 1. The minimum atomic E-state index is -0.633. The van der Waals surface area contributed by atoms with E-state index in [1.54, 1.807) is 7.05 Å². The van der Waals surface area contributed by atoms with Crippen LogP contribution in [0.15, 0.2) is 48.5 Å². The maximum absolute atomic E-state index is 12.4. The molecule has 0 unspecified atom stereocenters. The number of benzene rings is 2. The van der Waals surface area contributed by atoms with E-state index in [1.807, 2.05) is 30.3 Å². The van der Waals surface area contributed by atoms with Crippen LogP contribution in [0.25, 0.3) is 0 Å². The van der Waals surface area contributed by atoms with Crippen molar-refractivity contribution in [1.29, 1.82) is 0 Å². The Balaban J connectivity index is 2.28. The zero-order valence-electron chi connectivity index (χ0n) is 11.3. The van der Waals surface area contributed by atoms with E-state index >= 15 is 0 Å². The summed E-state index contributed by atoms with van der Waals surface area (Å²) in [6.07, 6.45) is 0. The third-order valence-electron chi connectivity index (χ3n) is 3.01. The SMILES string of the molecule is CN(Cc1ccccc1)C(=O)c1cccc(Cl)c1[N+](=O)[O-]. The van der Waals surface area contributed by atoms with E-state index in [0.717, 1.165) is 5.56 Å². The Labute approximate surface area is 126 Å². The van der Waals surface area contributed by atoms with E-state index in [4.69, 9.17) is 11.6 Å². The highest BCUT2D eigenvalue weighted by molar-refractivity contribution is 6.33. The van der Waals surface area contributed by atoms with E-state index in [9.17, 15) is 14.9 Å². The minimum absolute atomic E-state index is 0.00840. The van der Waals surface area contributed by atoms with E-state index in [2.05, 4.69) is 0 Å². The Morgan fingerprint density at radius 1 is 1.19 bits per heavy atom. The largest absolute Gasteiger partial charge is 0.337 e. The maximum atomic E-state index is 12.4. The fourth-order valence-electron chi connectivity index (χ4n) is 2.01. The summed E-state index contributed by atoms with van der Waals surface area (Å²) in [4.78, 5) is 24.3. The van der Waals surface area contributed by atoms with Crippen LogP contribution in [0.4, 0.5) is 5.69 Å². The molecule has 1 amide bonds. The molecule has 0 aromatic heterocycles. The monoisotopic (exact) mass is 304 g/mol. The average molecular weight is 305 g/mol. The smallest absolute Gasteiger partial charge is 0.300 e. The van der Waals surface area contributed by atoms with Crippen LogP contribution in [0.3, 0.4) is 0 Å². The summed E-state index contributed by atoms with van der Waals surface area (Å²) in [5, 5.41) is 11.0. The molecule has 6 heteroatoms. The summed E-state index contributed by atoms with van der Waals surface area (Å²) in [5.41, 5.74) is 0.577. The van der Waals surface area contributed by atoms with Gasteiger partial charge in [-0.3, -0.25) is 14.9 Å². The first-order valence-electron chi connectivity index (χ1n) is 6.23. The molecule has 0 radical (unpaired) electrons.